The van der Waals surface area contributed by atoms with Gasteiger partial charge in [0.15, 0.2) is 0 Å². The number of amides is 1. The van der Waals surface area contributed by atoms with Crippen molar-refractivity contribution in [1.29, 1.82) is 0 Å². The first kappa shape index (κ1) is 11.7. The molecule has 1 amide bonds. The Morgan fingerprint density at radius 3 is 2.71 bits per heavy atom. The van der Waals surface area contributed by atoms with E-state index >= 15 is 0 Å². The van der Waals surface area contributed by atoms with Gasteiger partial charge in [-0.1, -0.05) is 12.1 Å². The van der Waals surface area contributed by atoms with Crippen LogP contribution in [0.1, 0.15) is 5.56 Å². The molecule has 1 unspecified atom stereocenters. The molecule has 0 spiro atoms. The highest BCUT2D eigenvalue weighted by atomic mass is 16.6. The van der Waals surface area contributed by atoms with Crippen molar-refractivity contribution in [1.82, 2.24) is 0 Å². The van der Waals surface area contributed by atoms with Crippen LogP contribution in [-0.2, 0) is 15.9 Å². The van der Waals surface area contributed by atoms with Gasteiger partial charge in [0.2, 0.25) is 0 Å². The summed E-state index contributed by atoms with van der Waals surface area (Å²) in [6, 6.07) is 7.66. The second-order valence-corrected chi connectivity index (χ2v) is 3.83. The highest BCUT2D eigenvalue weighted by molar-refractivity contribution is 5.64. The van der Waals surface area contributed by atoms with Gasteiger partial charge in [0.25, 0.3) is 0 Å². The van der Waals surface area contributed by atoms with Crippen molar-refractivity contribution in [3.05, 3.63) is 29.8 Å². The normalized spacial score (nSPS) is 17.5. The molecule has 1 aromatic rings. The van der Waals surface area contributed by atoms with E-state index in [0.717, 1.165) is 17.9 Å². The van der Waals surface area contributed by atoms with E-state index in [1.807, 2.05) is 24.3 Å². The van der Waals surface area contributed by atoms with Crippen LogP contribution in [0, 0.1) is 0 Å². The van der Waals surface area contributed by atoms with Crippen molar-refractivity contribution < 1.29 is 19.0 Å². The van der Waals surface area contributed by atoms with Gasteiger partial charge >= 0.3 is 6.09 Å². The molecule has 5 heteroatoms. The first-order valence-electron chi connectivity index (χ1n) is 5.49. The number of carbonyl (C=O) groups excluding carboxylic acids is 1. The monoisotopic (exact) mass is 237 g/mol. The van der Waals surface area contributed by atoms with Crippen molar-refractivity contribution >= 4 is 6.09 Å². The van der Waals surface area contributed by atoms with E-state index in [0.29, 0.717) is 19.6 Å². The third-order valence-corrected chi connectivity index (χ3v) is 2.40. The third-order valence-electron chi connectivity index (χ3n) is 2.40. The number of rotatable bonds is 6. The molecule has 92 valence electrons. The number of hydrogen-bond donors (Lipinski definition) is 1. The lowest BCUT2D eigenvalue weighted by Crippen LogP contribution is -2.14. The molecule has 0 aromatic heterocycles. The molecule has 1 atom stereocenters. The Labute approximate surface area is 99.5 Å². The third kappa shape index (κ3) is 4.32. The van der Waals surface area contributed by atoms with Gasteiger partial charge < -0.3 is 19.9 Å². The molecular formula is C12H15NO4. The summed E-state index contributed by atoms with van der Waals surface area (Å²) in [7, 11) is 0. The van der Waals surface area contributed by atoms with Crippen molar-refractivity contribution in [3.8, 4) is 5.75 Å². The first-order valence-corrected chi connectivity index (χ1v) is 5.49. The number of primary amides is 1. The van der Waals surface area contributed by atoms with Crippen LogP contribution < -0.4 is 10.5 Å². The van der Waals surface area contributed by atoms with Gasteiger partial charge in [-0.3, -0.25) is 0 Å². The van der Waals surface area contributed by atoms with Crippen LogP contribution >= 0.6 is 0 Å². The molecule has 5 nitrogen and oxygen atoms in total. The number of hydrogen-bond acceptors (Lipinski definition) is 4. The van der Waals surface area contributed by atoms with Gasteiger partial charge in [-0.2, -0.15) is 0 Å². The summed E-state index contributed by atoms with van der Waals surface area (Å²) in [5, 5.41) is 0. The molecule has 1 aliphatic rings. The zero-order chi connectivity index (χ0) is 12.1. The van der Waals surface area contributed by atoms with Crippen LogP contribution in [0.4, 0.5) is 4.79 Å². The number of epoxide rings is 1. The van der Waals surface area contributed by atoms with E-state index in [-0.39, 0.29) is 6.10 Å². The fourth-order valence-electron chi connectivity index (χ4n) is 1.38. The molecule has 1 heterocycles. The fraction of sp³-hybridized carbons (Fsp3) is 0.417. The van der Waals surface area contributed by atoms with Crippen LogP contribution in [0.2, 0.25) is 0 Å². The molecule has 2 N–H and O–H groups in total. The Kier molecular flexibility index (Phi) is 3.82. The summed E-state index contributed by atoms with van der Waals surface area (Å²) in [6.45, 7) is 1.69. The second kappa shape index (κ2) is 5.54. The molecule has 0 radical (unpaired) electrons. The number of ether oxygens (including phenoxy) is 3. The maximum atomic E-state index is 10.4. The Morgan fingerprint density at radius 1 is 1.41 bits per heavy atom. The average molecular weight is 237 g/mol. The summed E-state index contributed by atoms with van der Waals surface area (Å²) >= 11 is 0. The second-order valence-electron chi connectivity index (χ2n) is 3.83. The Bertz CT molecular complexity index is 373. The van der Waals surface area contributed by atoms with Gasteiger partial charge in [0.1, 0.15) is 18.5 Å². The van der Waals surface area contributed by atoms with Crippen LogP contribution in [0.15, 0.2) is 24.3 Å². The van der Waals surface area contributed by atoms with Gasteiger partial charge in [-0.05, 0) is 17.7 Å². The first-order chi connectivity index (χ1) is 8.24. The van der Waals surface area contributed by atoms with Gasteiger partial charge in [0, 0.05) is 6.42 Å². The number of benzene rings is 1. The summed E-state index contributed by atoms with van der Waals surface area (Å²) in [4.78, 5) is 10.4. The zero-order valence-corrected chi connectivity index (χ0v) is 9.43. The lowest BCUT2D eigenvalue weighted by molar-refractivity contribution is 0.158. The summed E-state index contributed by atoms with van der Waals surface area (Å²) in [5.41, 5.74) is 5.93. The smallest absolute Gasteiger partial charge is 0.404 e. The predicted molar refractivity (Wildman–Crippen MR) is 60.9 cm³/mol. The minimum Gasteiger partial charge on any atom is -0.491 e. The molecule has 0 aliphatic carbocycles. The van der Waals surface area contributed by atoms with Gasteiger partial charge in [-0.25, -0.2) is 4.79 Å². The van der Waals surface area contributed by atoms with Gasteiger partial charge in [-0.15, -0.1) is 0 Å². The van der Waals surface area contributed by atoms with E-state index in [1.54, 1.807) is 0 Å². The van der Waals surface area contributed by atoms with Crippen LogP contribution in [0.25, 0.3) is 0 Å². The van der Waals surface area contributed by atoms with Gasteiger partial charge in [0.05, 0.1) is 13.2 Å². The van der Waals surface area contributed by atoms with E-state index in [4.69, 9.17) is 15.2 Å². The van der Waals surface area contributed by atoms with E-state index in [9.17, 15) is 4.79 Å². The van der Waals surface area contributed by atoms with E-state index < -0.39 is 6.09 Å². The quantitative estimate of drug-likeness (QED) is 0.752. The SMILES string of the molecule is NC(=O)OCCc1ccc(OCC2CO2)cc1. The molecule has 0 bridgehead atoms. The highest BCUT2D eigenvalue weighted by Gasteiger charge is 2.22. The van der Waals surface area contributed by atoms with Crippen molar-refractivity contribution in [2.45, 2.75) is 12.5 Å². The standard InChI is InChI=1S/C12H15NO4/c13-12(14)15-6-5-9-1-3-10(4-2-9)16-7-11-8-17-11/h1-4,11H,5-8H2,(H2,13,14). The predicted octanol–water partition coefficient (Wildman–Crippen LogP) is 1.10. The highest BCUT2D eigenvalue weighted by Crippen LogP contribution is 2.16. The fourth-order valence-corrected chi connectivity index (χ4v) is 1.38. The van der Waals surface area contributed by atoms with Crippen LogP contribution in [0.3, 0.4) is 0 Å². The Balaban J connectivity index is 1.73. The molecule has 1 aliphatic heterocycles. The molecular weight excluding hydrogens is 222 g/mol. The van der Waals surface area contributed by atoms with E-state index in [1.165, 1.54) is 0 Å². The molecule has 1 saturated heterocycles. The molecule has 17 heavy (non-hydrogen) atoms. The number of carbonyl (C=O) groups is 1. The van der Waals surface area contributed by atoms with Crippen LogP contribution in [0.5, 0.6) is 5.75 Å². The Hall–Kier alpha value is -1.75. The summed E-state index contributed by atoms with van der Waals surface area (Å²) < 4.78 is 15.2. The largest absolute Gasteiger partial charge is 0.491 e. The van der Waals surface area contributed by atoms with Crippen LogP contribution in [-0.4, -0.2) is 32.0 Å². The van der Waals surface area contributed by atoms with Crippen molar-refractivity contribution in [3.63, 3.8) is 0 Å². The lowest BCUT2D eigenvalue weighted by atomic mass is 10.1. The van der Waals surface area contributed by atoms with E-state index in [2.05, 4.69) is 4.74 Å². The molecule has 2 rings (SSSR count). The Morgan fingerprint density at radius 2 is 2.12 bits per heavy atom. The topological polar surface area (TPSA) is 74.1 Å². The molecule has 1 fully saturated rings. The minimum atomic E-state index is -0.741. The van der Waals surface area contributed by atoms with Crippen molar-refractivity contribution in [2.24, 2.45) is 5.73 Å². The average Bonchev–Trinajstić information content (AvgIpc) is 3.11. The molecule has 1 aromatic carbocycles. The van der Waals surface area contributed by atoms with Crippen molar-refractivity contribution in [2.75, 3.05) is 19.8 Å². The minimum absolute atomic E-state index is 0.263. The maximum absolute atomic E-state index is 10.4. The number of nitrogens with two attached hydrogens (primary N) is 1. The summed E-state index contributed by atoms with van der Waals surface area (Å²) in [6.07, 6.45) is 0.169. The lowest BCUT2D eigenvalue weighted by Gasteiger charge is -2.06. The summed E-state index contributed by atoms with van der Waals surface area (Å²) in [5.74, 6) is 0.820. The maximum Gasteiger partial charge on any atom is 0.404 e. The molecule has 0 saturated carbocycles. The zero-order valence-electron chi connectivity index (χ0n) is 9.43.